The number of rotatable bonds is 6. The van der Waals surface area contributed by atoms with Crippen LogP contribution in [0.4, 0.5) is 5.69 Å². The number of amides is 1. The summed E-state index contributed by atoms with van der Waals surface area (Å²) in [5.74, 6) is 0.543. The predicted octanol–water partition coefficient (Wildman–Crippen LogP) is 4.01. The van der Waals surface area contributed by atoms with Crippen molar-refractivity contribution in [2.24, 2.45) is 0 Å². The highest BCUT2D eigenvalue weighted by Crippen LogP contribution is 2.20. The Hall–Kier alpha value is -2.13. The molecule has 2 heterocycles. The van der Waals surface area contributed by atoms with Crippen LogP contribution < -0.4 is 10.1 Å². The molecule has 0 unspecified atom stereocenters. The Morgan fingerprint density at radius 3 is 2.50 bits per heavy atom. The van der Waals surface area contributed by atoms with Gasteiger partial charge in [0.15, 0.2) is 6.73 Å². The lowest BCUT2D eigenvalue weighted by molar-refractivity contribution is -0.123. The normalized spacial score (nSPS) is 11.4. The molecule has 0 saturated heterocycles. The van der Waals surface area contributed by atoms with E-state index in [1.165, 1.54) is 0 Å². The van der Waals surface area contributed by atoms with Gasteiger partial charge in [-0.05, 0) is 54.0 Å². The van der Waals surface area contributed by atoms with Crippen molar-refractivity contribution in [3.8, 4) is 5.75 Å². The molecule has 3 aromatic rings. The molecule has 0 atom stereocenters. The molecule has 9 heteroatoms. The van der Waals surface area contributed by atoms with Gasteiger partial charge in [0.25, 0.3) is 5.91 Å². The van der Waals surface area contributed by atoms with Crippen molar-refractivity contribution in [3.05, 3.63) is 58.0 Å². The SMILES string of the molecule is CC(C)(C(=O)Nc1cnn(COc2ccc(Br)cc2)c1)n1cc(Br)cn1. The minimum atomic E-state index is -0.845. The number of hydrogen-bond donors (Lipinski definition) is 1. The average molecular weight is 483 g/mol. The number of anilines is 1. The first-order chi connectivity index (χ1) is 12.3. The largest absolute Gasteiger partial charge is 0.471 e. The zero-order valence-electron chi connectivity index (χ0n) is 14.2. The Bertz CT molecular complexity index is 902. The Labute approximate surface area is 167 Å². The van der Waals surface area contributed by atoms with Gasteiger partial charge in [-0.15, -0.1) is 0 Å². The van der Waals surface area contributed by atoms with Crippen LogP contribution >= 0.6 is 31.9 Å². The highest BCUT2D eigenvalue weighted by atomic mass is 79.9. The van der Waals surface area contributed by atoms with E-state index in [0.29, 0.717) is 5.69 Å². The van der Waals surface area contributed by atoms with E-state index >= 15 is 0 Å². The third-order valence-electron chi connectivity index (χ3n) is 3.75. The topological polar surface area (TPSA) is 74.0 Å². The van der Waals surface area contributed by atoms with Crippen LogP contribution in [0.1, 0.15) is 13.8 Å². The fourth-order valence-electron chi connectivity index (χ4n) is 2.16. The second-order valence-corrected chi connectivity index (χ2v) is 7.94. The Kier molecular flexibility index (Phi) is 5.47. The van der Waals surface area contributed by atoms with Gasteiger partial charge in [-0.3, -0.25) is 9.48 Å². The highest BCUT2D eigenvalue weighted by Gasteiger charge is 2.30. The zero-order chi connectivity index (χ0) is 18.7. The van der Waals surface area contributed by atoms with Crippen LogP contribution in [0.25, 0.3) is 0 Å². The Morgan fingerprint density at radius 1 is 1.12 bits per heavy atom. The van der Waals surface area contributed by atoms with Gasteiger partial charge < -0.3 is 10.1 Å². The number of carbonyl (C=O) groups is 1. The lowest BCUT2D eigenvalue weighted by Gasteiger charge is -2.23. The molecule has 0 aliphatic carbocycles. The number of carbonyl (C=O) groups excluding carboxylic acids is 1. The number of nitrogens with one attached hydrogen (secondary N) is 1. The summed E-state index contributed by atoms with van der Waals surface area (Å²) < 4.78 is 10.7. The van der Waals surface area contributed by atoms with Crippen LogP contribution in [0.15, 0.2) is 58.0 Å². The van der Waals surface area contributed by atoms with Crippen LogP contribution in [0, 0.1) is 0 Å². The van der Waals surface area contributed by atoms with E-state index < -0.39 is 5.54 Å². The van der Waals surface area contributed by atoms with Crippen molar-refractivity contribution in [3.63, 3.8) is 0 Å². The van der Waals surface area contributed by atoms with Gasteiger partial charge in [-0.1, -0.05) is 15.9 Å². The first-order valence-corrected chi connectivity index (χ1v) is 9.36. The van der Waals surface area contributed by atoms with E-state index in [1.54, 1.807) is 48.0 Å². The van der Waals surface area contributed by atoms with Crippen LogP contribution in [-0.4, -0.2) is 25.5 Å². The second-order valence-electron chi connectivity index (χ2n) is 6.11. The maximum Gasteiger partial charge on any atom is 0.251 e. The van der Waals surface area contributed by atoms with Crippen LogP contribution in [0.3, 0.4) is 0 Å². The van der Waals surface area contributed by atoms with E-state index in [-0.39, 0.29) is 12.6 Å². The summed E-state index contributed by atoms with van der Waals surface area (Å²) in [5, 5.41) is 11.2. The predicted molar refractivity (Wildman–Crippen MR) is 105 cm³/mol. The van der Waals surface area contributed by atoms with Gasteiger partial charge in [0.1, 0.15) is 11.3 Å². The summed E-state index contributed by atoms with van der Waals surface area (Å²) in [6.45, 7) is 3.83. The van der Waals surface area contributed by atoms with Gasteiger partial charge in [-0.2, -0.15) is 10.2 Å². The highest BCUT2D eigenvalue weighted by molar-refractivity contribution is 9.10. The lowest BCUT2D eigenvalue weighted by atomic mass is 10.1. The number of nitrogens with zero attached hydrogens (tertiary/aromatic N) is 4. The molecule has 1 N–H and O–H groups in total. The van der Waals surface area contributed by atoms with E-state index in [0.717, 1.165) is 14.7 Å². The van der Waals surface area contributed by atoms with Gasteiger partial charge in [0.05, 0.1) is 28.8 Å². The summed E-state index contributed by atoms with van der Waals surface area (Å²) in [5.41, 5.74) is -0.254. The van der Waals surface area contributed by atoms with Crippen molar-refractivity contribution in [1.29, 1.82) is 0 Å². The van der Waals surface area contributed by atoms with Gasteiger partial charge >= 0.3 is 0 Å². The fraction of sp³-hybridized carbons (Fsp3) is 0.235. The molecule has 0 spiro atoms. The van der Waals surface area contributed by atoms with Crippen molar-refractivity contribution in [2.45, 2.75) is 26.1 Å². The van der Waals surface area contributed by atoms with E-state index in [1.807, 2.05) is 24.3 Å². The van der Waals surface area contributed by atoms with Gasteiger partial charge in [0.2, 0.25) is 0 Å². The van der Waals surface area contributed by atoms with E-state index in [9.17, 15) is 4.79 Å². The Balaban J connectivity index is 1.60. The molecule has 1 amide bonds. The molecule has 0 fully saturated rings. The molecule has 2 aromatic heterocycles. The summed E-state index contributed by atoms with van der Waals surface area (Å²) in [6.07, 6.45) is 6.70. The monoisotopic (exact) mass is 481 g/mol. The molecule has 0 aliphatic rings. The summed E-state index contributed by atoms with van der Waals surface area (Å²) in [6, 6.07) is 7.53. The van der Waals surface area contributed by atoms with Crippen LogP contribution in [0.5, 0.6) is 5.75 Å². The molecule has 0 aliphatic heterocycles. The van der Waals surface area contributed by atoms with Gasteiger partial charge in [-0.25, -0.2) is 4.68 Å². The maximum atomic E-state index is 12.6. The molecule has 1 aromatic carbocycles. The Morgan fingerprint density at radius 2 is 1.85 bits per heavy atom. The molecule has 0 bridgehead atoms. The van der Waals surface area contributed by atoms with Crippen molar-refractivity contribution >= 4 is 43.5 Å². The molecular weight excluding hydrogens is 466 g/mol. The zero-order valence-corrected chi connectivity index (χ0v) is 17.4. The smallest absolute Gasteiger partial charge is 0.251 e. The fourth-order valence-corrected chi connectivity index (χ4v) is 2.71. The number of benzene rings is 1. The molecule has 26 heavy (non-hydrogen) atoms. The summed E-state index contributed by atoms with van der Waals surface area (Å²) in [4.78, 5) is 12.6. The maximum absolute atomic E-state index is 12.6. The van der Waals surface area contributed by atoms with Crippen molar-refractivity contribution in [2.75, 3.05) is 5.32 Å². The first kappa shape index (κ1) is 18.7. The van der Waals surface area contributed by atoms with Crippen molar-refractivity contribution in [1.82, 2.24) is 19.6 Å². The molecule has 7 nitrogen and oxygen atoms in total. The molecule has 0 radical (unpaired) electrons. The third-order valence-corrected chi connectivity index (χ3v) is 4.69. The standard InChI is InChI=1S/C17H17Br2N5O2/c1-17(2,24-9-13(19)7-21-24)16(25)22-14-8-20-23(10-14)11-26-15-5-3-12(18)4-6-15/h3-10H,11H2,1-2H3,(H,22,25). The van der Waals surface area contributed by atoms with Crippen LogP contribution in [-0.2, 0) is 17.1 Å². The van der Waals surface area contributed by atoms with E-state index in [4.69, 9.17) is 4.74 Å². The van der Waals surface area contributed by atoms with Crippen molar-refractivity contribution < 1.29 is 9.53 Å². The first-order valence-electron chi connectivity index (χ1n) is 7.77. The molecule has 0 saturated carbocycles. The summed E-state index contributed by atoms with van der Waals surface area (Å²) >= 11 is 6.72. The van der Waals surface area contributed by atoms with Gasteiger partial charge in [0, 0.05) is 10.7 Å². The third kappa shape index (κ3) is 4.34. The number of hydrogen-bond acceptors (Lipinski definition) is 4. The quantitative estimate of drug-likeness (QED) is 0.575. The molecule has 136 valence electrons. The average Bonchev–Trinajstić information content (AvgIpc) is 3.23. The minimum Gasteiger partial charge on any atom is -0.471 e. The molecular formula is C17H17Br2N5O2. The molecule has 3 rings (SSSR count). The lowest BCUT2D eigenvalue weighted by Crippen LogP contribution is -2.40. The number of aromatic nitrogens is 4. The number of halogens is 2. The van der Waals surface area contributed by atoms with E-state index in [2.05, 4.69) is 47.4 Å². The summed E-state index contributed by atoms with van der Waals surface area (Å²) in [7, 11) is 0. The minimum absolute atomic E-state index is 0.193. The number of ether oxygens (including phenoxy) is 1. The second kappa shape index (κ2) is 7.63. The van der Waals surface area contributed by atoms with Crippen LogP contribution in [0.2, 0.25) is 0 Å².